The fourth-order valence-electron chi connectivity index (χ4n) is 2.51. The molecule has 0 saturated carbocycles. The van der Waals surface area contributed by atoms with Crippen molar-refractivity contribution in [1.82, 2.24) is 4.90 Å². The lowest BCUT2D eigenvalue weighted by Crippen LogP contribution is -2.49. The third kappa shape index (κ3) is 6.67. The van der Waals surface area contributed by atoms with Crippen LogP contribution in [0, 0.1) is 5.92 Å². The van der Waals surface area contributed by atoms with Gasteiger partial charge in [0.05, 0.1) is 13.2 Å². The molecule has 1 amide bonds. The van der Waals surface area contributed by atoms with Crippen LogP contribution in [0.3, 0.4) is 0 Å². The number of esters is 1. The van der Waals surface area contributed by atoms with Crippen molar-refractivity contribution in [3.8, 4) is 0 Å². The summed E-state index contributed by atoms with van der Waals surface area (Å²) in [5, 5.41) is 0. The molecule has 1 saturated heterocycles. The molecule has 0 aromatic heterocycles. The van der Waals surface area contributed by atoms with Crippen LogP contribution in [0.15, 0.2) is 0 Å². The Morgan fingerprint density at radius 2 is 1.91 bits per heavy atom. The molecule has 5 heteroatoms. The summed E-state index contributed by atoms with van der Waals surface area (Å²) in [6.45, 7) is 7.54. The van der Waals surface area contributed by atoms with E-state index in [2.05, 4.69) is 6.92 Å². The van der Waals surface area contributed by atoms with E-state index in [1.165, 1.54) is 0 Å². The molecule has 1 unspecified atom stereocenters. The molecule has 22 heavy (non-hydrogen) atoms. The lowest BCUT2D eigenvalue weighted by Gasteiger charge is -2.33. The molecule has 0 bridgehead atoms. The first-order valence-electron chi connectivity index (χ1n) is 8.66. The third-order valence-corrected chi connectivity index (χ3v) is 3.79. The summed E-state index contributed by atoms with van der Waals surface area (Å²) < 4.78 is 10.6. The molecule has 0 aromatic carbocycles. The number of ether oxygens (including phenoxy) is 2. The lowest BCUT2D eigenvalue weighted by atomic mass is 10.0. The predicted octanol–water partition coefficient (Wildman–Crippen LogP) is 3.76. The molecule has 0 N–H and O–H groups in total. The standard InChI is InChI=1S/C17H31NO4/c1-4-5-6-9-12-21-16(19)15-10-7-8-11-18(15)17(20)22-13-14(2)3/h14-15H,4-13H2,1-3H3. The van der Waals surface area contributed by atoms with E-state index in [4.69, 9.17) is 9.47 Å². The summed E-state index contributed by atoms with van der Waals surface area (Å²) in [6.07, 6.45) is 6.44. The third-order valence-electron chi connectivity index (χ3n) is 3.79. The Hall–Kier alpha value is -1.26. The van der Waals surface area contributed by atoms with E-state index in [1.54, 1.807) is 4.90 Å². The zero-order valence-electron chi connectivity index (χ0n) is 14.3. The van der Waals surface area contributed by atoms with Crippen LogP contribution in [0.1, 0.15) is 65.7 Å². The van der Waals surface area contributed by atoms with E-state index in [-0.39, 0.29) is 18.0 Å². The van der Waals surface area contributed by atoms with Crippen molar-refractivity contribution in [1.29, 1.82) is 0 Å². The second-order valence-electron chi connectivity index (χ2n) is 6.40. The average molecular weight is 313 g/mol. The van der Waals surface area contributed by atoms with Gasteiger partial charge in [-0.2, -0.15) is 0 Å². The topological polar surface area (TPSA) is 55.8 Å². The number of nitrogens with zero attached hydrogens (tertiary/aromatic N) is 1. The smallest absolute Gasteiger partial charge is 0.410 e. The second-order valence-corrected chi connectivity index (χ2v) is 6.40. The number of unbranched alkanes of at least 4 members (excludes halogenated alkanes) is 3. The maximum absolute atomic E-state index is 12.2. The van der Waals surface area contributed by atoms with E-state index in [0.29, 0.717) is 26.2 Å². The van der Waals surface area contributed by atoms with Crippen molar-refractivity contribution in [2.75, 3.05) is 19.8 Å². The molecule has 0 spiro atoms. The molecule has 1 aliphatic rings. The first-order chi connectivity index (χ1) is 10.6. The fourth-order valence-corrected chi connectivity index (χ4v) is 2.51. The molecule has 5 nitrogen and oxygen atoms in total. The van der Waals surface area contributed by atoms with Crippen LogP contribution in [0.2, 0.25) is 0 Å². The highest BCUT2D eigenvalue weighted by atomic mass is 16.6. The second kappa shape index (κ2) is 10.5. The van der Waals surface area contributed by atoms with E-state index < -0.39 is 6.04 Å². The van der Waals surface area contributed by atoms with E-state index in [9.17, 15) is 9.59 Å². The first kappa shape index (κ1) is 18.8. The van der Waals surface area contributed by atoms with Crippen molar-refractivity contribution in [3.63, 3.8) is 0 Å². The van der Waals surface area contributed by atoms with Crippen molar-refractivity contribution in [3.05, 3.63) is 0 Å². The van der Waals surface area contributed by atoms with Crippen LogP contribution < -0.4 is 0 Å². The van der Waals surface area contributed by atoms with Gasteiger partial charge in [-0.25, -0.2) is 9.59 Å². The number of carbonyl (C=O) groups is 2. The number of hydrogen-bond donors (Lipinski definition) is 0. The minimum atomic E-state index is -0.473. The predicted molar refractivity (Wildman–Crippen MR) is 85.6 cm³/mol. The summed E-state index contributed by atoms with van der Waals surface area (Å²) >= 11 is 0. The van der Waals surface area contributed by atoms with E-state index >= 15 is 0 Å². The molecule has 1 rings (SSSR count). The molecule has 1 aliphatic heterocycles. The van der Waals surface area contributed by atoms with Gasteiger partial charge in [-0.05, 0) is 31.6 Å². The van der Waals surface area contributed by atoms with E-state index in [0.717, 1.165) is 38.5 Å². The number of amides is 1. The van der Waals surface area contributed by atoms with Gasteiger partial charge in [0, 0.05) is 6.54 Å². The molecule has 0 radical (unpaired) electrons. The molecule has 128 valence electrons. The summed E-state index contributed by atoms with van der Waals surface area (Å²) in [4.78, 5) is 25.9. The highest BCUT2D eigenvalue weighted by molar-refractivity contribution is 5.81. The average Bonchev–Trinajstić information content (AvgIpc) is 2.52. The highest BCUT2D eigenvalue weighted by Gasteiger charge is 2.34. The number of carbonyl (C=O) groups excluding carboxylic acids is 2. The largest absolute Gasteiger partial charge is 0.464 e. The Kier molecular flexibility index (Phi) is 8.94. The maximum Gasteiger partial charge on any atom is 0.410 e. The first-order valence-corrected chi connectivity index (χ1v) is 8.66. The van der Waals surface area contributed by atoms with Gasteiger partial charge in [0.1, 0.15) is 6.04 Å². The minimum absolute atomic E-state index is 0.280. The highest BCUT2D eigenvalue weighted by Crippen LogP contribution is 2.19. The number of likely N-dealkylation sites (tertiary alicyclic amines) is 1. The van der Waals surface area contributed by atoms with Crippen LogP contribution in [0.5, 0.6) is 0 Å². The Morgan fingerprint density at radius 3 is 2.59 bits per heavy atom. The summed E-state index contributed by atoms with van der Waals surface area (Å²) in [5.74, 6) is 0.00963. The molecule has 0 aliphatic carbocycles. The molecule has 1 fully saturated rings. The Labute approximate surface area is 134 Å². The summed E-state index contributed by atoms with van der Waals surface area (Å²) in [6, 6.07) is -0.473. The zero-order chi connectivity index (χ0) is 16.4. The summed E-state index contributed by atoms with van der Waals surface area (Å²) in [7, 11) is 0. The van der Waals surface area contributed by atoms with Gasteiger partial charge in [-0.1, -0.05) is 40.0 Å². The van der Waals surface area contributed by atoms with Crippen LogP contribution in [-0.2, 0) is 14.3 Å². The molecule has 1 heterocycles. The molecular weight excluding hydrogens is 282 g/mol. The Balaban J connectivity index is 2.42. The SMILES string of the molecule is CCCCCCOC(=O)C1CCCCN1C(=O)OCC(C)C. The fraction of sp³-hybridized carbons (Fsp3) is 0.882. The van der Waals surface area contributed by atoms with Gasteiger partial charge >= 0.3 is 12.1 Å². The van der Waals surface area contributed by atoms with Crippen LogP contribution in [0.4, 0.5) is 4.79 Å². The van der Waals surface area contributed by atoms with Gasteiger partial charge in [0.15, 0.2) is 0 Å². The zero-order valence-corrected chi connectivity index (χ0v) is 14.3. The number of piperidine rings is 1. The normalized spacial score (nSPS) is 18.4. The van der Waals surface area contributed by atoms with Crippen molar-refractivity contribution in [2.45, 2.75) is 71.8 Å². The van der Waals surface area contributed by atoms with Crippen LogP contribution in [-0.4, -0.2) is 42.8 Å². The van der Waals surface area contributed by atoms with E-state index in [1.807, 2.05) is 13.8 Å². The quantitative estimate of drug-likeness (QED) is 0.506. The van der Waals surface area contributed by atoms with Crippen molar-refractivity contribution >= 4 is 12.1 Å². The molecular formula is C17H31NO4. The molecule has 1 atom stereocenters. The molecule has 0 aromatic rings. The van der Waals surface area contributed by atoms with Gasteiger partial charge in [-0.15, -0.1) is 0 Å². The van der Waals surface area contributed by atoms with Gasteiger partial charge in [-0.3, -0.25) is 4.90 Å². The van der Waals surface area contributed by atoms with Gasteiger partial charge in [0.2, 0.25) is 0 Å². The van der Waals surface area contributed by atoms with Gasteiger partial charge in [0.25, 0.3) is 0 Å². The number of rotatable bonds is 8. The Morgan fingerprint density at radius 1 is 1.14 bits per heavy atom. The minimum Gasteiger partial charge on any atom is -0.464 e. The Bertz CT molecular complexity index is 344. The lowest BCUT2D eigenvalue weighted by molar-refractivity contribution is -0.150. The van der Waals surface area contributed by atoms with Crippen molar-refractivity contribution in [2.24, 2.45) is 5.92 Å². The van der Waals surface area contributed by atoms with Crippen LogP contribution >= 0.6 is 0 Å². The van der Waals surface area contributed by atoms with Gasteiger partial charge < -0.3 is 9.47 Å². The van der Waals surface area contributed by atoms with Crippen molar-refractivity contribution < 1.29 is 19.1 Å². The van der Waals surface area contributed by atoms with Crippen LogP contribution in [0.25, 0.3) is 0 Å². The number of hydrogen-bond acceptors (Lipinski definition) is 4. The monoisotopic (exact) mass is 313 g/mol. The maximum atomic E-state index is 12.2. The summed E-state index contributed by atoms with van der Waals surface area (Å²) in [5.41, 5.74) is 0.